The number of benzene rings is 2. The Labute approximate surface area is 267 Å². The smallest absolute Gasteiger partial charge is 0.417 e. The van der Waals surface area contributed by atoms with Crippen LogP contribution in [0.2, 0.25) is 0 Å². The standard InChI is InChI=1S/C31H30F3N7O4S/c1-4-6-24-36-17(3)25-27(42)37-26(38-41(24)25)21-13-20(9-10-23(21)45-5-2)40-29(46)39(28(43)30(40)11-12-44-16-30)19-8-7-18(15-35)22(14-19)31(32,33)34/h7-10,13-14,26,38H,4-6,11-12,16H2,1-3H3,(H,37,42). The normalized spacial score (nSPS) is 21.0. The van der Waals surface area contributed by atoms with Crippen LogP contribution in [-0.4, -0.2) is 51.9 Å². The van der Waals surface area contributed by atoms with Gasteiger partial charge in [0.15, 0.2) is 16.3 Å². The van der Waals surface area contributed by atoms with Crippen molar-refractivity contribution in [2.24, 2.45) is 0 Å². The number of anilines is 2. The minimum atomic E-state index is -4.83. The minimum absolute atomic E-state index is 0.0517. The summed E-state index contributed by atoms with van der Waals surface area (Å²) in [6.07, 6.45) is -3.92. The van der Waals surface area contributed by atoms with Crippen LogP contribution in [0.25, 0.3) is 0 Å². The van der Waals surface area contributed by atoms with E-state index in [1.54, 1.807) is 40.8 Å². The summed E-state index contributed by atoms with van der Waals surface area (Å²) in [5, 5.41) is 12.2. The molecule has 11 nitrogen and oxygen atoms in total. The largest absolute Gasteiger partial charge is 0.493 e. The van der Waals surface area contributed by atoms with E-state index in [4.69, 9.17) is 21.7 Å². The van der Waals surface area contributed by atoms with E-state index in [9.17, 15) is 28.0 Å². The number of carbonyl (C=O) groups is 2. The average molecular weight is 654 g/mol. The molecule has 4 heterocycles. The van der Waals surface area contributed by atoms with Crippen LogP contribution >= 0.6 is 12.2 Å². The number of aryl methyl sites for hydroxylation is 2. The number of hydrogen-bond donors (Lipinski definition) is 2. The topological polar surface area (TPSA) is 125 Å². The molecule has 0 aliphatic carbocycles. The van der Waals surface area contributed by atoms with Crippen LogP contribution in [0.5, 0.6) is 5.75 Å². The molecule has 2 saturated heterocycles. The number of thiocarbonyl (C=S) groups is 1. The molecular formula is C31H30F3N7O4S. The summed E-state index contributed by atoms with van der Waals surface area (Å²) in [6, 6.07) is 9.77. The van der Waals surface area contributed by atoms with Crippen LogP contribution in [0.1, 0.15) is 71.6 Å². The second-order valence-electron chi connectivity index (χ2n) is 11.2. The number of ether oxygens (including phenoxy) is 2. The average Bonchev–Trinajstić information content (AvgIpc) is 3.68. The number of imidazole rings is 1. The van der Waals surface area contributed by atoms with E-state index in [-0.39, 0.29) is 36.3 Å². The summed E-state index contributed by atoms with van der Waals surface area (Å²) in [4.78, 5) is 34.7. The SMILES string of the molecule is CCCc1nc(C)c2n1NC(c1cc(N3C(=S)N(c4ccc(C#N)c(C(F)(F)F)c4)C(=O)C34CCOC4)ccc1OCC)NC2=O. The van der Waals surface area contributed by atoms with Crippen LogP contribution in [0, 0.1) is 18.3 Å². The summed E-state index contributed by atoms with van der Waals surface area (Å²) in [7, 11) is 0. The van der Waals surface area contributed by atoms with E-state index in [1.807, 2.05) is 13.8 Å². The molecule has 2 aromatic carbocycles. The highest BCUT2D eigenvalue weighted by Crippen LogP contribution is 2.44. The maximum absolute atomic E-state index is 14.1. The number of carbonyl (C=O) groups excluding carboxylic acids is 2. The monoisotopic (exact) mass is 653 g/mol. The van der Waals surface area contributed by atoms with Crippen molar-refractivity contribution in [3.05, 3.63) is 70.3 Å². The van der Waals surface area contributed by atoms with Crippen molar-refractivity contribution in [3.8, 4) is 11.8 Å². The molecule has 2 N–H and O–H groups in total. The molecule has 6 rings (SSSR count). The Hall–Kier alpha value is -4.68. The van der Waals surface area contributed by atoms with Gasteiger partial charge in [0.05, 0.1) is 41.8 Å². The number of fused-ring (bicyclic) bond motifs is 1. The third-order valence-electron chi connectivity index (χ3n) is 8.31. The predicted molar refractivity (Wildman–Crippen MR) is 165 cm³/mol. The lowest BCUT2D eigenvalue weighted by atomic mass is 9.95. The van der Waals surface area contributed by atoms with Gasteiger partial charge in [-0.3, -0.25) is 19.9 Å². The molecule has 0 radical (unpaired) electrons. The fourth-order valence-corrected chi connectivity index (χ4v) is 6.71. The number of nitriles is 1. The second-order valence-corrected chi connectivity index (χ2v) is 11.5. The summed E-state index contributed by atoms with van der Waals surface area (Å²) < 4.78 is 54.9. The lowest BCUT2D eigenvalue weighted by Crippen LogP contribution is -2.51. The van der Waals surface area contributed by atoms with Gasteiger partial charge >= 0.3 is 6.18 Å². The number of hydrogen-bond acceptors (Lipinski definition) is 8. The number of aromatic nitrogens is 2. The fourth-order valence-electron chi connectivity index (χ4n) is 6.24. The number of halogens is 3. The van der Waals surface area contributed by atoms with Gasteiger partial charge in [0, 0.05) is 30.7 Å². The Bertz CT molecular complexity index is 1800. The number of nitrogens with one attached hydrogen (secondary N) is 2. The van der Waals surface area contributed by atoms with Crippen molar-refractivity contribution in [1.82, 2.24) is 15.0 Å². The van der Waals surface area contributed by atoms with E-state index in [2.05, 4.69) is 15.7 Å². The molecule has 2 atom stereocenters. The Morgan fingerprint density at radius 3 is 2.61 bits per heavy atom. The molecular weight excluding hydrogens is 623 g/mol. The second kappa shape index (κ2) is 11.6. The van der Waals surface area contributed by atoms with Crippen molar-refractivity contribution in [1.29, 1.82) is 5.26 Å². The first-order valence-electron chi connectivity index (χ1n) is 14.7. The van der Waals surface area contributed by atoms with Gasteiger partial charge in [0.25, 0.3) is 11.8 Å². The molecule has 1 aromatic heterocycles. The molecule has 1 spiro atoms. The molecule has 2 fully saturated rings. The quantitative estimate of drug-likeness (QED) is 0.349. The van der Waals surface area contributed by atoms with Gasteiger partial charge in [-0.25, -0.2) is 9.66 Å². The molecule has 2 amide bonds. The Balaban J connectivity index is 1.44. The Morgan fingerprint density at radius 1 is 1.20 bits per heavy atom. The predicted octanol–water partition coefficient (Wildman–Crippen LogP) is 4.72. The first kappa shape index (κ1) is 31.3. The van der Waals surface area contributed by atoms with Gasteiger partial charge in [-0.15, -0.1) is 0 Å². The zero-order valence-corrected chi connectivity index (χ0v) is 26.0. The first-order chi connectivity index (χ1) is 21.9. The Kier molecular flexibility index (Phi) is 7.89. The number of amides is 2. The summed E-state index contributed by atoms with van der Waals surface area (Å²) in [6.45, 7) is 6.12. The van der Waals surface area contributed by atoms with Gasteiger partial charge < -0.3 is 19.7 Å². The van der Waals surface area contributed by atoms with Crippen molar-refractivity contribution < 1.29 is 32.2 Å². The van der Waals surface area contributed by atoms with E-state index >= 15 is 0 Å². The van der Waals surface area contributed by atoms with Crippen LogP contribution in [0.4, 0.5) is 24.5 Å². The van der Waals surface area contributed by atoms with Gasteiger partial charge in [-0.2, -0.15) is 18.4 Å². The molecule has 3 aliphatic rings. The van der Waals surface area contributed by atoms with Crippen LogP contribution in [0.15, 0.2) is 36.4 Å². The number of rotatable bonds is 7. The molecule has 0 bridgehead atoms. The molecule has 15 heteroatoms. The minimum Gasteiger partial charge on any atom is -0.493 e. The Morgan fingerprint density at radius 2 is 1.96 bits per heavy atom. The van der Waals surface area contributed by atoms with Gasteiger partial charge in [-0.05, 0) is 68.9 Å². The number of nitrogens with zero attached hydrogens (tertiary/aromatic N) is 5. The molecule has 46 heavy (non-hydrogen) atoms. The highest BCUT2D eigenvalue weighted by atomic mass is 32.1. The van der Waals surface area contributed by atoms with E-state index < -0.39 is 34.9 Å². The van der Waals surface area contributed by atoms with Crippen molar-refractivity contribution in [2.75, 3.05) is 35.0 Å². The van der Waals surface area contributed by atoms with Crippen LogP contribution < -0.4 is 25.3 Å². The molecule has 0 saturated carbocycles. The van der Waals surface area contributed by atoms with Crippen LogP contribution in [0.3, 0.4) is 0 Å². The van der Waals surface area contributed by atoms with Crippen LogP contribution in [-0.2, 0) is 22.1 Å². The van der Waals surface area contributed by atoms with Crippen molar-refractivity contribution in [3.63, 3.8) is 0 Å². The van der Waals surface area contributed by atoms with Gasteiger partial charge in [0.2, 0.25) is 0 Å². The summed E-state index contributed by atoms with van der Waals surface area (Å²) >= 11 is 5.81. The highest BCUT2D eigenvalue weighted by Gasteiger charge is 2.59. The van der Waals surface area contributed by atoms with E-state index in [0.717, 1.165) is 23.5 Å². The van der Waals surface area contributed by atoms with Gasteiger partial charge in [-0.1, -0.05) is 6.92 Å². The first-order valence-corrected chi connectivity index (χ1v) is 15.2. The van der Waals surface area contributed by atoms with Crippen molar-refractivity contribution in [2.45, 2.75) is 57.9 Å². The third kappa shape index (κ3) is 4.92. The lowest BCUT2D eigenvalue weighted by molar-refractivity contribution is -0.137. The molecule has 3 aromatic rings. The maximum atomic E-state index is 14.1. The molecule has 240 valence electrons. The van der Waals surface area contributed by atoms with E-state index in [1.165, 1.54) is 6.07 Å². The zero-order chi connectivity index (χ0) is 33.0. The zero-order valence-electron chi connectivity index (χ0n) is 25.2. The highest BCUT2D eigenvalue weighted by molar-refractivity contribution is 7.81. The fraction of sp³-hybridized carbons (Fsp3) is 0.387. The molecule has 2 unspecified atom stereocenters. The maximum Gasteiger partial charge on any atom is 0.417 e. The molecule has 3 aliphatic heterocycles. The third-order valence-corrected chi connectivity index (χ3v) is 8.67. The lowest BCUT2D eigenvalue weighted by Gasteiger charge is -2.34. The van der Waals surface area contributed by atoms with E-state index in [0.29, 0.717) is 47.2 Å². The van der Waals surface area contributed by atoms with Gasteiger partial charge in [0.1, 0.15) is 17.7 Å². The summed E-state index contributed by atoms with van der Waals surface area (Å²) in [5.41, 5.74) is 2.13. The summed E-state index contributed by atoms with van der Waals surface area (Å²) in [5.74, 6) is 0.293. The number of alkyl halides is 3. The van der Waals surface area contributed by atoms with Crippen molar-refractivity contribution >= 4 is 40.5 Å².